The fourth-order valence-corrected chi connectivity index (χ4v) is 6.31. The van der Waals surface area contributed by atoms with Gasteiger partial charge in [0.2, 0.25) is 0 Å². The molecule has 2 aromatic rings. The Labute approximate surface area is 216 Å². The SMILES string of the molecule is CCCCC1(C2CCC(COc3ccc(C(=O)Oc4cc(F)c(F)c(F)c4)c(F)c3)CC2)CCCCC1. The minimum atomic E-state index is -1.68. The molecule has 202 valence electrons. The Kier molecular flexibility index (Phi) is 9.14. The smallest absolute Gasteiger partial charge is 0.346 e. The molecule has 0 saturated heterocycles. The highest BCUT2D eigenvalue weighted by molar-refractivity contribution is 5.91. The first-order chi connectivity index (χ1) is 17.8. The third kappa shape index (κ3) is 6.66. The van der Waals surface area contributed by atoms with Crippen LogP contribution < -0.4 is 9.47 Å². The van der Waals surface area contributed by atoms with Crippen molar-refractivity contribution < 1.29 is 31.8 Å². The number of esters is 1. The standard InChI is InChI=1S/C30H36F4O3/c1-2-3-13-30(14-5-4-6-15-30)21-9-7-20(8-10-21)19-36-22-11-12-24(25(31)16-22)29(35)37-23-17-26(32)28(34)27(33)18-23/h11-12,16-18,20-21H,2-10,13-15,19H2,1H3. The fourth-order valence-electron chi connectivity index (χ4n) is 6.31. The van der Waals surface area contributed by atoms with Crippen LogP contribution in [0.2, 0.25) is 0 Å². The Hall–Kier alpha value is -2.57. The van der Waals surface area contributed by atoms with Crippen LogP contribution in [0.5, 0.6) is 11.5 Å². The van der Waals surface area contributed by atoms with E-state index >= 15 is 0 Å². The molecule has 0 aromatic heterocycles. The average Bonchev–Trinajstić information content (AvgIpc) is 2.90. The topological polar surface area (TPSA) is 35.5 Å². The number of ether oxygens (including phenoxy) is 2. The van der Waals surface area contributed by atoms with Gasteiger partial charge < -0.3 is 9.47 Å². The summed E-state index contributed by atoms with van der Waals surface area (Å²) in [4.78, 5) is 12.3. The Morgan fingerprint density at radius 1 is 0.892 bits per heavy atom. The van der Waals surface area contributed by atoms with E-state index in [4.69, 9.17) is 9.47 Å². The van der Waals surface area contributed by atoms with Crippen LogP contribution >= 0.6 is 0 Å². The van der Waals surface area contributed by atoms with Gasteiger partial charge in [-0.15, -0.1) is 0 Å². The van der Waals surface area contributed by atoms with E-state index in [2.05, 4.69) is 6.92 Å². The van der Waals surface area contributed by atoms with Crippen molar-refractivity contribution in [1.29, 1.82) is 0 Å². The molecule has 2 fully saturated rings. The number of hydrogen-bond donors (Lipinski definition) is 0. The molecule has 2 aromatic carbocycles. The highest BCUT2D eigenvalue weighted by Crippen LogP contribution is 2.52. The lowest BCUT2D eigenvalue weighted by Crippen LogP contribution is -2.36. The molecule has 4 rings (SSSR count). The summed E-state index contributed by atoms with van der Waals surface area (Å²) in [5.74, 6) is -5.74. The Balaban J connectivity index is 1.29. The minimum absolute atomic E-state index is 0.307. The van der Waals surface area contributed by atoms with Crippen LogP contribution in [0.3, 0.4) is 0 Å². The van der Waals surface area contributed by atoms with Crippen molar-refractivity contribution in [3.05, 3.63) is 59.2 Å². The Bertz CT molecular complexity index is 1050. The van der Waals surface area contributed by atoms with E-state index in [1.54, 1.807) is 0 Å². The number of halogens is 4. The second-order valence-electron chi connectivity index (χ2n) is 10.8. The van der Waals surface area contributed by atoms with Crippen LogP contribution in [0.25, 0.3) is 0 Å². The van der Waals surface area contributed by atoms with Gasteiger partial charge in [-0.1, -0.05) is 39.0 Å². The lowest BCUT2D eigenvalue weighted by molar-refractivity contribution is 0.0373. The molecule has 3 nitrogen and oxygen atoms in total. The lowest BCUT2D eigenvalue weighted by Gasteiger charge is -2.47. The van der Waals surface area contributed by atoms with Crippen LogP contribution in [0.1, 0.15) is 94.3 Å². The molecule has 0 spiro atoms. The Morgan fingerprint density at radius 2 is 1.54 bits per heavy atom. The molecule has 0 N–H and O–H groups in total. The summed E-state index contributed by atoms with van der Waals surface area (Å²) in [5, 5.41) is 0. The van der Waals surface area contributed by atoms with E-state index in [1.165, 1.54) is 76.3 Å². The van der Waals surface area contributed by atoms with Crippen molar-refractivity contribution in [3.8, 4) is 11.5 Å². The largest absolute Gasteiger partial charge is 0.493 e. The predicted molar refractivity (Wildman–Crippen MR) is 134 cm³/mol. The monoisotopic (exact) mass is 520 g/mol. The maximum absolute atomic E-state index is 14.6. The molecule has 0 aliphatic heterocycles. The van der Waals surface area contributed by atoms with E-state index in [0.29, 0.717) is 35.8 Å². The molecular formula is C30H36F4O3. The molecule has 0 atom stereocenters. The Morgan fingerprint density at radius 3 is 2.16 bits per heavy atom. The summed E-state index contributed by atoms with van der Waals surface area (Å²) in [7, 11) is 0. The van der Waals surface area contributed by atoms with Crippen LogP contribution in [-0.4, -0.2) is 12.6 Å². The van der Waals surface area contributed by atoms with Crippen LogP contribution in [0, 0.1) is 40.5 Å². The third-order valence-electron chi connectivity index (χ3n) is 8.40. The minimum Gasteiger partial charge on any atom is -0.493 e. The summed E-state index contributed by atoms with van der Waals surface area (Å²) < 4.78 is 65.1. The number of carbonyl (C=O) groups excluding carboxylic acids is 1. The number of unbranched alkanes of at least 4 members (excludes halogenated alkanes) is 1. The summed E-state index contributed by atoms with van der Waals surface area (Å²) >= 11 is 0. The van der Waals surface area contributed by atoms with Gasteiger partial charge in [0, 0.05) is 18.2 Å². The van der Waals surface area contributed by atoms with E-state index in [-0.39, 0.29) is 0 Å². The van der Waals surface area contributed by atoms with Crippen molar-refractivity contribution in [2.75, 3.05) is 6.61 Å². The van der Waals surface area contributed by atoms with Gasteiger partial charge in [-0.25, -0.2) is 22.4 Å². The van der Waals surface area contributed by atoms with Crippen LogP contribution in [0.4, 0.5) is 17.6 Å². The zero-order valence-corrected chi connectivity index (χ0v) is 21.5. The summed E-state index contributed by atoms with van der Waals surface area (Å²) in [6, 6.07) is 4.84. The normalized spacial score (nSPS) is 21.4. The van der Waals surface area contributed by atoms with Gasteiger partial charge >= 0.3 is 5.97 Å². The third-order valence-corrected chi connectivity index (χ3v) is 8.40. The van der Waals surface area contributed by atoms with Gasteiger partial charge in [0.05, 0.1) is 12.2 Å². The average molecular weight is 521 g/mol. The molecule has 0 bridgehead atoms. The zero-order chi connectivity index (χ0) is 26.4. The second-order valence-corrected chi connectivity index (χ2v) is 10.8. The molecular weight excluding hydrogens is 484 g/mol. The van der Waals surface area contributed by atoms with Crippen molar-refractivity contribution >= 4 is 5.97 Å². The molecule has 2 aliphatic carbocycles. The van der Waals surface area contributed by atoms with Gasteiger partial charge in [0.15, 0.2) is 17.5 Å². The molecule has 0 unspecified atom stereocenters. The zero-order valence-electron chi connectivity index (χ0n) is 21.5. The number of carbonyl (C=O) groups is 1. The first kappa shape index (κ1) is 27.5. The van der Waals surface area contributed by atoms with E-state index in [1.807, 2.05) is 0 Å². The molecule has 2 saturated carbocycles. The van der Waals surface area contributed by atoms with Gasteiger partial charge in [0.1, 0.15) is 17.3 Å². The van der Waals surface area contributed by atoms with Crippen LogP contribution in [0.15, 0.2) is 30.3 Å². The van der Waals surface area contributed by atoms with Crippen LogP contribution in [-0.2, 0) is 0 Å². The number of hydrogen-bond acceptors (Lipinski definition) is 3. The van der Waals surface area contributed by atoms with Gasteiger partial charge in [-0.3, -0.25) is 0 Å². The first-order valence-corrected chi connectivity index (χ1v) is 13.6. The second kappa shape index (κ2) is 12.3. The van der Waals surface area contributed by atoms with Crippen molar-refractivity contribution in [1.82, 2.24) is 0 Å². The van der Waals surface area contributed by atoms with Gasteiger partial charge in [-0.2, -0.15) is 0 Å². The molecule has 0 amide bonds. The van der Waals surface area contributed by atoms with Crippen molar-refractivity contribution in [2.24, 2.45) is 17.3 Å². The van der Waals surface area contributed by atoms with Gasteiger partial charge in [0.25, 0.3) is 0 Å². The van der Waals surface area contributed by atoms with Crippen molar-refractivity contribution in [3.63, 3.8) is 0 Å². The number of benzene rings is 2. The highest BCUT2D eigenvalue weighted by atomic mass is 19.2. The molecule has 0 radical (unpaired) electrons. The molecule has 0 heterocycles. The quantitative estimate of drug-likeness (QED) is 0.143. The maximum Gasteiger partial charge on any atom is 0.346 e. The predicted octanol–water partition coefficient (Wildman–Crippen LogP) is 8.79. The summed E-state index contributed by atoms with van der Waals surface area (Å²) in [6.07, 6.45) is 15.4. The summed E-state index contributed by atoms with van der Waals surface area (Å²) in [5.41, 5.74) is 0.113. The first-order valence-electron chi connectivity index (χ1n) is 13.6. The van der Waals surface area contributed by atoms with E-state index in [9.17, 15) is 22.4 Å². The van der Waals surface area contributed by atoms with E-state index < -0.39 is 40.6 Å². The number of rotatable bonds is 9. The summed E-state index contributed by atoms with van der Waals surface area (Å²) in [6.45, 7) is 2.77. The molecule has 7 heteroatoms. The maximum atomic E-state index is 14.6. The van der Waals surface area contributed by atoms with Gasteiger partial charge in [-0.05, 0) is 74.3 Å². The molecule has 37 heavy (non-hydrogen) atoms. The molecule has 2 aliphatic rings. The lowest BCUT2D eigenvalue weighted by atomic mass is 9.59. The fraction of sp³-hybridized carbons (Fsp3) is 0.567. The van der Waals surface area contributed by atoms with E-state index in [0.717, 1.165) is 24.8 Å². The van der Waals surface area contributed by atoms with Crippen molar-refractivity contribution in [2.45, 2.75) is 84.0 Å². The highest BCUT2D eigenvalue weighted by Gasteiger charge is 2.40.